The average Bonchev–Trinajstić information content (AvgIpc) is 2.91. The minimum absolute atomic E-state index is 0.0559. The third-order valence-corrected chi connectivity index (χ3v) is 4.12. The molecule has 21 heavy (non-hydrogen) atoms. The standard InChI is InChI=1S/C17H21N3O/c1-20-16(13-8-4-2-5-9-13)12-15(19-20)17(21)18-14-10-6-3-7-11-14/h2,4-5,8-9,12,14H,3,6-7,10-11H2,1H3,(H,18,21). The molecule has 0 bridgehead atoms. The second-order valence-electron chi connectivity index (χ2n) is 5.71. The van der Waals surface area contributed by atoms with Gasteiger partial charge in [0.1, 0.15) is 0 Å². The van der Waals surface area contributed by atoms with Crippen molar-refractivity contribution in [3.8, 4) is 11.3 Å². The van der Waals surface area contributed by atoms with Crippen LogP contribution in [-0.4, -0.2) is 21.7 Å². The van der Waals surface area contributed by atoms with Crippen LogP contribution in [0.1, 0.15) is 42.6 Å². The number of aromatic nitrogens is 2. The van der Waals surface area contributed by atoms with Gasteiger partial charge in [-0.3, -0.25) is 9.48 Å². The maximum atomic E-state index is 12.3. The second kappa shape index (κ2) is 6.12. The summed E-state index contributed by atoms with van der Waals surface area (Å²) in [5.74, 6) is -0.0559. The summed E-state index contributed by atoms with van der Waals surface area (Å²) in [6.45, 7) is 0. The number of carbonyl (C=O) groups is 1. The lowest BCUT2D eigenvalue weighted by Crippen LogP contribution is -2.36. The molecule has 3 rings (SSSR count). The van der Waals surface area contributed by atoms with Crippen LogP contribution in [0.25, 0.3) is 11.3 Å². The molecule has 1 aliphatic rings. The minimum atomic E-state index is -0.0559. The predicted molar refractivity (Wildman–Crippen MR) is 83.0 cm³/mol. The number of aryl methyl sites for hydroxylation is 1. The molecule has 1 N–H and O–H groups in total. The zero-order valence-electron chi connectivity index (χ0n) is 12.4. The van der Waals surface area contributed by atoms with Gasteiger partial charge in [-0.15, -0.1) is 0 Å². The molecule has 2 aromatic rings. The van der Waals surface area contributed by atoms with E-state index in [1.807, 2.05) is 43.4 Å². The van der Waals surface area contributed by atoms with Crippen LogP contribution < -0.4 is 5.32 Å². The molecule has 1 fully saturated rings. The first-order valence-electron chi connectivity index (χ1n) is 7.64. The molecule has 1 aliphatic carbocycles. The fourth-order valence-corrected chi connectivity index (χ4v) is 2.96. The largest absolute Gasteiger partial charge is 0.348 e. The first kappa shape index (κ1) is 13.9. The van der Waals surface area contributed by atoms with Crippen molar-refractivity contribution >= 4 is 5.91 Å². The van der Waals surface area contributed by atoms with Gasteiger partial charge in [-0.2, -0.15) is 5.10 Å². The molecule has 1 aromatic heterocycles. The van der Waals surface area contributed by atoms with E-state index in [4.69, 9.17) is 0 Å². The third-order valence-electron chi connectivity index (χ3n) is 4.12. The first-order chi connectivity index (χ1) is 10.2. The van der Waals surface area contributed by atoms with Crippen molar-refractivity contribution in [2.24, 2.45) is 7.05 Å². The Morgan fingerprint density at radius 3 is 2.62 bits per heavy atom. The Bertz CT molecular complexity index is 612. The van der Waals surface area contributed by atoms with Crippen molar-refractivity contribution in [1.82, 2.24) is 15.1 Å². The third kappa shape index (κ3) is 3.15. The van der Waals surface area contributed by atoms with Gasteiger partial charge in [-0.25, -0.2) is 0 Å². The predicted octanol–water partition coefficient (Wildman–Crippen LogP) is 3.15. The quantitative estimate of drug-likeness (QED) is 0.940. The van der Waals surface area contributed by atoms with Crippen LogP contribution in [0.4, 0.5) is 0 Å². The number of hydrogen-bond donors (Lipinski definition) is 1. The maximum Gasteiger partial charge on any atom is 0.272 e. The summed E-state index contributed by atoms with van der Waals surface area (Å²) >= 11 is 0. The SMILES string of the molecule is Cn1nc(C(=O)NC2CCCCC2)cc1-c1ccccc1. The lowest BCUT2D eigenvalue weighted by Gasteiger charge is -2.22. The van der Waals surface area contributed by atoms with Crippen molar-refractivity contribution in [1.29, 1.82) is 0 Å². The number of benzene rings is 1. The van der Waals surface area contributed by atoms with Crippen molar-refractivity contribution in [3.63, 3.8) is 0 Å². The molecule has 1 aromatic carbocycles. The molecule has 4 nitrogen and oxygen atoms in total. The van der Waals surface area contributed by atoms with E-state index in [0.29, 0.717) is 11.7 Å². The number of carbonyl (C=O) groups excluding carboxylic acids is 1. The summed E-state index contributed by atoms with van der Waals surface area (Å²) in [6, 6.07) is 12.2. The van der Waals surface area contributed by atoms with Crippen LogP contribution in [0.15, 0.2) is 36.4 Å². The van der Waals surface area contributed by atoms with Gasteiger partial charge in [0, 0.05) is 13.1 Å². The van der Waals surface area contributed by atoms with Crippen LogP contribution in [0.3, 0.4) is 0 Å². The van der Waals surface area contributed by atoms with E-state index in [-0.39, 0.29) is 5.91 Å². The van der Waals surface area contributed by atoms with Crippen LogP contribution in [-0.2, 0) is 7.05 Å². The molecule has 4 heteroatoms. The topological polar surface area (TPSA) is 46.9 Å². The highest BCUT2D eigenvalue weighted by molar-refractivity contribution is 5.93. The highest BCUT2D eigenvalue weighted by atomic mass is 16.2. The fraction of sp³-hybridized carbons (Fsp3) is 0.412. The van der Waals surface area contributed by atoms with Gasteiger partial charge < -0.3 is 5.32 Å². The molecular formula is C17H21N3O. The Kier molecular flexibility index (Phi) is 4.04. The molecule has 1 amide bonds. The summed E-state index contributed by atoms with van der Waals surface area (Å²) in [5.41, 5.74) is 2.54. The highest BCUT2D eigenvalue weighted by Gasteiger charge is 2.19. The number of nitrogens with zero attached hydrogens (tertiary/aromatic N) is 2. The summed E-state index contributed by atoms with van der Waals surface area (Å²) in [4.78, 5) is 12.3. The summed E-state index contributed by atoms with van der Waals surface area (Å²) in [5, 5.41) is 7.47. The van der Waals surface area contributed by atoms with Crippen LogP contribution in [0.2, 0.25) is 0 Å². The Hall–Kier alpha value is -2.10. The molecule has 0 radical (unpaired) electrons. The number of amides is 1. The zero-order chi connectivity index (χ0) is 14.7. The lowest BCUT2D eigenvalue weighted by atomic mass is 9.95. The Labute approximate surface area is 125 Å². The summed E-state index contributed by atoms with van der Waals surface area (Å²) in [7, 11) is 1.87. The molecule has 1 saturated carbocycles. The van der Waals surface area contributed by atoms with E-state index in [2.05, 4.69) is 10.4 Å². The monoisotopic (exact) mass is 283 g/mol. The van der Waals surface area contributed by atoms with Gasteiger partial charge in [0.25, 0.3) is 5.91 Å². The van der Waals surface area contributed by atoms with Gasteiger partial charge >= 0.3 is 0 Å². The number of hydrogen-bond acceptors (Lipinski definition) is 2. The molecule has 1 heterocycles. The van der Waals surface area contributed by atoms with E-state index in [9.17, 15) is 4.79 Å². The number of rotatable bonds is 3. The normalized spacial score (nSPS) is 15.9. The van der Waals surface area contributed by atoms with Gasteiger partial charge in [0.05, 0.1) is 5.69 Å². The van der Waals surface area contributed by atoms with Gasteiger partial charge in [-0.05, 0) is 24.5 Å². The van der Waals surface area contributed by atoms with E-state index < -0.39 is 0 Å². The maximum absolute atomic E-state index is 12.3. The molecular weight excluding hydrogens is 262 g/mol. The van der Waals surface area contributed by atoms with E-state index in [1.54, 1.807) is 4.68 Å². The van der Waals surface area contributed by atoms with Gasteiger partial charge in [-0.1, -0.05) is 49.6 Å². The van der Waals surface area contributed by atoms with Crippen LogP contribution >= 0.6 is 0 Å². The summed E-state index contributed by atoms with van der Waals surface area (Å²) in [6.07, 6.45) is 5.88. The zero-order valence-corrected chi connectivity index (χ0v) is 12.4. The molecule has 0 unspecified atom stereocenters. The van der Waals surface area contributed by atoms with Crippen molar-refractivity contribution in [3.05, 3.63) is 42.1 Å². The van der Waals surface area contributed by atoms with Crippen LogP contribution in [0, 0.1) is 0 Å². The second-order valence-corrected chi connectivity index (χ2v) is 5.71. The lowest BCUT2D eigenvalue weighted by molar-refractivity contribution is 0.0922. The first-order valence-corrected chi connectivity index (χ1v) is 7.64. The van der Waals surface area contributed by atoms with Crippen molar-refractivity contribution in [2.75, 3.05) is 0 Å². The molecule has 110 valence electrons. The van der Waals surface area contributed by atoms with E-state index >= 15 is 0 Å². The van der Waals surface area contributed by atoms with E-state index in [0.717, 1.165) is 24.1 Å². The van der Waals surface area contributed by atoms with Gasteiger partial charge in [0.2, 0.25) is 0 Å². The van der Waals surface area contributed by atoms with Crippen molar-refractivity contribution in [2.45, 2.75) is 38.1 Å². The van der Waals surface area contributed by atoms with E-state index in [1.165, 1.54) is 19.3 Å². The number of nitrogens with one attached hydrogen (secondary N) is 1. The molecule has 0 aliphatic heterocycles. The molecule has 0 saturated heterocycles. The van der Waals surface area contributed by atoms with Crippen LogP contribution in [0.5, 0.6) is 0 Å². The molecule has 0 spiro atoms. The average molecular weight is 283 g/mol. The molecule has 0 atom stereocenters. The highest BCUT2D eigenvalue weighted by Crippen LogP contribution is 2.21. The smallest absolute Gasteiger partial charge is 0.272 e. The minimum Gasteiger partial charge on any atom is -0.348 e. The Morgan fingerprint density at radius 1 is 1.19 bits per heavy atom. The Morgan fingerprint density at radius 2 is 1.90 bits per heavy atom. The fourth-order valence-electron chi connectivity index (χ4n) is 2.96. The summed E-state index contributed by atoms with van der Waals surface area (Å²) < 4.78 is 1.77. The Balaban J connectivity index is 1.75. The van der Waals surface area contributed by atoms with Gasteiger partial charge in [0.15, 0.2) is 5.69 Å². The van der Waals surface area contributed by atoms with Crippen molar-refractivity contribution < 1.29 is 4.79 Å².